The van der Waals surface area contributed by atoms with Crippen LogP contribution in [-0.2, 0) is 34.0 Å². The highest BCUT2D eigenvalue weighted by molar-refractivity contribution is 5.76. The van der Waals surface area contributed by atoms with Crippen LogP contribution in [0.3, 0.4) is 0 Å². The van der Waals surface area contributed by atoms with Gasteiger partial charge < -0.3 is 14.8 Å². The molecule has 1 saturated heterocycles. The summed E-state index contributed by atoms with van der Waals surface area (Å²) in [6, 6.07) is 18.3. The first-order chi connectivity index (χ1) is 12.3. The summed E-state index contributed by atoms with van der Waals surface area (Å²) in [7, 11) is 0. The summed E-state index contributed by atoms with van der Waals surface area (Å²) in [5.74, 6) is 0.0576. The Bertz CT molecular complexity index is 649. The van der Waals surface area contributed by atoms with Crippen LogP contribution in [0.5, 0.6) is 0 Å². The topological polar surface area (TPSA) is 47.6 Å². The Labute approximate surface area is 149 Å². The summed E-state index contributed by atoms with van der Waals surface area (Å²) in [6.07, 6.45) is 2.62. The van der Waals surface area contributed by atoms with Crippen molar-refractivity contribution in [3.8, 4) is 0 Å². The van der Waals surface area contributed by atoms with Crippen LogP contribution in [0.1, 0.15) is 36.0 Å². The molecule has 0 saturated carbocycles. The first kappa shape index (κ1) is 17.6. The Balaban J connectivity index is 1.37. The molecule has 1 atom stereocenters. The normalized spacial score (nSPS) is 16.7. The number of amides is 1. The van der Waals surface area contributed by atoms with E-state index in [1.807, 2.05) is 42.5 Å². The van der Waals surface area contributed by atoms with Crippen LogP contribution in [0.25, 0.3) is 0 Å². The minimum absolute atomic E-state index is 0.0576. The van der Waals surface area contributed by atoms with Gasteiger partial charge in [-0.15, -0.1) is 0 Å². The quantitative estimate of drug-likeness (QED) is 0.799. The smallest absolute Gasteiger partial charge is 0.222 e. The summed E-state index contributed by atoms with van der Waals surface area (Å²) in [4.78, 5) is 11.9. The van der Waals surface area contributed by atoms with Gasteiger partial charge in [0.25, 0.3) is 0 Å². The van der Waals surface area contributed by atoms with Crippen molar-refractivity contribution in [2.24, 2.45) is 0 Å². The van der Waals surface area contributed by atoms with Crippen LogP contribution in [0.4, 0.5) is 0 Å². The molecule has 1 heterocycles. The lowest BCUT2D eigenvalue weighted by Gasteiger charge is -2.10. The fourth-order valence-corrected chi connectivity index (χ4v) is 2.90. The lowest BCUT2D eigenvalue weighted by Crippen LogP contribution is -2.26. The molecule has 2 aromatic carbocycles. The molecule has 1 aliphatic rings. The summed E-state index contributed by atoms with van der Waals surface area (Å²) in [5.41, 5.74) is 3.39. The lowest BCUT2D eigenvalue weighted by molar-refractivity contribution is -0.123. The molecular formula is C21H25NO3. The van der Waals surface area contributed by atoms with E-state index < -0.39 is 0 Å². The average Bonchev–Trinajstić information content (AvgIpc) is 3.15. The molecule has 0 spiro atoms. The van der Waals surface area contributed by atoms with Gasteiger partial charge in [-0.1, -0.05) is 54.6 Å². The van der Waals surface area contributed by atoms with Gasteiger partial charge in [-0.05, 0) is 29.5 Å². The second-order valence-electron chi connectivity index (χ2n) is 6.41. The molecule has 1 amide bonds. The fraction of sp³-hybridized carbons (Fsp3) is 0.381. The molecule has 0 aliphatic carbocycles. The molecule has 0 radical (unpaired) electrons. The number of carbonyl (C=O) groups is 1. The lowest BCUT2D eigenvalue weighted by atomic mass is 10.1. The maximum absolute atomic E-state index is 11.9. The zero-order chi connectivity index (χ0) is 17.3. The number of nitrogens with one attached hydrogen (secondary N) is 1. The number of hydrogen-bond donors (Lipinski definition) is 1. The monoisotopic (exact) mass is 339 g/mol. The van der Waals surface area contributed by atoms with Gasteiger partial charge in [0.05, 0.1) is 25.7 Å². The van der Waals surface area contributed by atoms with E-state index >= 15 is 0 Å². The van der Waals surface area contributed by atoms with E-state index in [4.69, 9.17) is 9.47 Å². The molecule has 4 heteroatoms. The average molecular weight is 339 g/mol. The second kappa shape index (κ2) is 9.35. The largest absolute Gasteiger partial charge is 0.378 e. The van der Waals surface area contributed by atoms with E-state index in [0.717, 1.165) is 30.6 Å². The molecule has 0 aromatic heterocycles. The van der Waals surface area contributed by atoms with Crippen molar-refractivity contribution in [2.75, 3.05) is 6.61 Å². The van der Waals surface area contributed by atoms with Crippen molar-refractivity contribution in [2.45, 2.75) is 45.1 Å². The van der Waals surface area contributed by atoms with Gasteiger partial charge in [0, 0.05) is 13.2 Å². The molecule has 1 aliphatic heterocycles. The van der Waals surface area contributed by atoms with Crippen molar-refractivity contribution in [3.63, 3.8) is 0 Å². The van der Waals surface area contributed by atoms with Crippen LogP contribution in [0.2, 0.25) is 0 Å². The number of rotatable bonds is 8. The molecule has 3 rings (SSSR count). The van der Waals surface area contributed by atoms with Gasteiger partial charge in [0.1, 0.15) is 0 Å². The van der Waals surface area contributed by atoms with E-state index in [1.54, 1.807) is 0 Å². The molecule has 2 aromatic rings. The van der Waals surface area contributed by atoms with E-state index in [-0.39, 0.29) is 12.0 Å². The maximum Gasteiger partial charge on any atom is 0.222 e. The van der Waals surface area contributed by atoms with Crippen molar-refractivity contribution in [1.29, 1.82) is 0 Å². The van der Waals surface area contributed by atoms with Crippen LogP contribution in [0, 0.1) is 0 Å². The van der Waals surface area contributed by atoms with Crippen LogP contribution >= 0.6 is 0 Å². The first-order valence-corrected chi connectivity index (χ1v) is 8.87. The van der Waals surface area contributed by atoms with Gasteiger partial charge in [-0.2, -0.15) is 0 Å². The Hall–Kier alpha value is -2.17. The van der Waals surface area contributed by atoms with E-state index in [9.17, 15) is 4.79 Å². The minimum Gasteiger partial charge on any atom is -0.378 e. The summed E-state index contributed by atoms with van der Waals surface area (Å²) < 4.78 is 11.2. The van der Waals surface area contributed by atoms with Crippen molar-refractivity contribution < 1.29 is 14.3 Å². The third-order valence-corrected chi connectivity index (χ3v) is 4.33. The van der Waals surface area contributed by atoms with Crippen molar-refractivity contribution in [1.82, 2.24) is 5.32 Å². The second-order valence-corrected chi connectivity index (χ2v) is 6.41. The molecule has 1 N–H and O–H groups in total. The summed E-state index contributed by atoms with van der Waals surface area (Å²) in [6.45, 7) is 2.53. The predicted octanol–water partition coefficient (Wildman–Crippen LogP) is 3.59. The minimum atomic E-state index is 0.0576. The number of carbonyl (C=O) groups excluding carboxylic acids is 1. The molecule has 25 heavy (non-hydrogen) atoms. The van der Waals surface area contributed by atoms with Gasteiger partial charge in [0.15, 0.2) is 0 Å². The fourth-order valence-electron chi connectivity index (χ4n) is 2.90. The first-order valence-electron chi connectivity index (χ1n) is 8.87. The molecule has 1 fully saturated rings. The molecule has 0 unspecified atom stereocenters. The number of ether oxygens (including phenoxy) is 2. The highest BCUT2D eigenvalue weighted by Gasteiger charge is 2.18. The Morgan fingerprint density at radius 2 is 1.68 bits per heavy atom. The van der Waals surface area contributed by atoms with Gasteiger partial charge in [0.2, 0.25) is 5.91 Å². The van der Waals surface area contributed by atoms with Crippen LogP contribution in [0.15, 0.2) is 54.6 Å². The third-order valence-electron chi connectivity index (χ3n) is 4.33. The van der Waals surface area contributed by atoms with Crippen LogP contribution in [-0.4, -0.2) is 18.6 Å². The van der Waals surface area contributed by atoms with Gasteiger partial charge in [-0.25, -0.2) is 0 Å². The highest BCUT2D eigenvalue weighted by atomic mass is 16.5. The SMILES string of the molecule is O=C(C[C@H]1CCCO1)NCc1ccc(COCc2ccccc2)cc1. The Morgan fingerprint density at radius 1 is 1.00 bits per heavy atom. The van der Waals surface area contributed by atoms with E-state index in [0.29, 0.717) is 26.2 Å². The standard InChI is InChI=1S/C21H25NO3/c23-21(13-20-7-4-12-25-20)22-14-17-8-10-19(11-9-17)16-24-15-18-5-2-1-3-6-18/h1-3,5-6,8-11,20H,4,7,12-16H2,(H,22,23)/t20-/m1/s1. The van der Waals surface area contributed by atoms with E-state index in [2.05, 4.69) is 17.4 Å². The highest BCUT2D eigenvalue weighted by Crippen LogP contribution is 2.15. The van der Waals surface area contributed by atoms with Crippen molar-refractivity contribution in [3.05, 3.63) is 71.3 Å². The van der Waals surface area contributed by atoms with Gasteiger partial charge in [-0.3, -0.25) is 4.79 Å². The molecule has 132 valence electrons. The summed E-state index contributed by atoms with van der Waals surface area (Å²) in [5, 5.41) is 2.96. The molecule has 0 bridgehead atoms. The molecule has 4 nitrogen and oxygen atoms in total. The van der Waals surface area contributed by atoms with Crippen LogP contribution < -0.4 is 5.32 Å². The zero-order valence-corrected chi connectivity index (χ0v) is 14.4. The number of hydrogen-bond acceptors (Lipinski definition) is 3. The zero-order valence-electron chi connectivity index (χ0n) is 14.4. The Kier molecular flexibility index (Phi) is 6.60. The third kappa shape index (κ3) is 6.00. The molecular weight excluding hydrogens is 314 g/mol. The summed E-state index contributed by atoms with van der Waals surface area (Å²) >= 11 is 0. The van der Waals surface area contributed by atoms with Crippen molar-refractivity contribution >= 4 is 5.91 Å². The number of benzene rings is 2. The van der Waals surface area contributed by atoms with E-state index in [1.165, 1.54) is 5.56 Å². The predicted molar refractivity (Wildman–Crippen MR) is 96.8 cm³/mol. The maximum atomic E-state index is 11.9. The Morgan fingerprint density at radius 3 is 2.36 bits per heavy atom. The van der Waals surface area contributed by atoms with Gasteiger partial charge >= 0.3 is 0 Å².